The number of alkyl halides is 2. The van der Waals surface area contributed by atoms with Crippen molar-refractivity contribution in [3.63, 3.8) is 0 Å². The quantitative estimate of drug-likeness (QED) is 0.748. The maximum absolute atomic E-state index is 13.6. The Morgan fingerprint density at radius 3 is 2.54 bits per heavy atom. The van der Waals surface area contributed by atoms with Gasteiger partial charge < -0.3 is 15.2 Å². The molecule has 3 nitrogen and oxygen atoms in total. The number of nitrogens with one attached hydrogen (secondary N) is 1. The van der Waals surface area contributed by atoms with Crippen LogP contribution in [0.2, 0.25) is 0 Å². The Kier molecular flexibility index (Phi) is 6.16. The molecule has 0 heterocycles. The van der Waals surface area contributed by atoms with Crippen LogP contribution in [0.15, 0.2) is 42.5 Å². The Morgan fingerprint density at radius 2 is 1.88 bits per heavy atom. The van der Waals surface area contributed by atoms with Crippen LogP contribution in [0.25, 0.3) is 0 Å². The number of ether oxygens (including phenoxy) is 1. The van der Waals surface area contributed by atoms with Gasteiger partial charge >= 0.3 is 6.61 Å². The summed E-state index contributed by atoms with van der Waals surface area (Å²) in [5.74, 6) is -1.52. The summed E-state index contributed by atoms with van der Waals surface area (Å²) < 4.78 is 55.3. The van der Waals surface area contributed by atoms with Crippen LogP contribution in [0, 0.1) is 11.6 Å². The zero-order chi connectivity index (χ0) is 17.7. The summed E-state index contributed by atoms with van der Waals surface area (Å²) in [4.78, 5) is 0. The number of hydrogen-bond acceptors (Lipinski definition) is 3. The highest BCUT2D eigenvalue weighted by molar-refractivity contribution is 5.30. The third-order valence-corrected chi connectivity index (χ3v) is 3.52. The third-order valence-electron chi connectivity index (χ3n) is 3.52. The van der Waals surface area contributed by atoms with Crippen LogP contribution < -0.4 is 10.1 Å². The standard InChI is InChI=1S/C17H17F4NO2/c1-10(11-3-2-4-13(7-11)24-17(20)21)22-9-16(23)14-6-5-12(18)8-15(14)19/h2-8,10,16-17,22-23H,9H2,1H3. The Bertz CT molecular complexity index is 681. The molecule has 2 aromatic carbocycles. The van der Waals surface area contributed by atoms with Crippen molar-refractivity contribution in [1.29, 1.82) is 0 Å². The molecule has 0 spiro atoms. The lowest BCUT2D eigenvalue weighted by atomic mass is 10.1. The molecule has 2 aromatic rings. The van der Waals surface area contributed by atoms with E-state index in [0.717, 1.165) is 6.07 Å². The maximum Gasteiger partial charge on any atom is 0.387 e. The average Bonchev–Trinajstić information content (AvgIpc) is 2.52. The van der Waals surface area contributed by atoms with Crippen LogP contribution in [0.4, 0.5) is 17.6 Å². The van der Waals surface area contributed by atoms with Gasteiger partial charge in [0.25, 0.3) is 0 Å². The van der Waals surface area contributed by atoms with Crippen molar-refractivity contribution in [3.8, 4) is 5.75 Å². The molecular weight excluding hydrogens is 326 g/mol. The van der Waals surface area contributed by atoms with Crippen molar-refractivity contribution in [3.05, 3.63) is 65.2 Å². The van der Waals surface area contributed by atoms with Crippen LogP contribution in [0.1, 0.15) is 30.2 Å². The Balaban J connectivity index is 1.98. The maximum atomic E-state index is 13.6. The van der Waals surface area contributed by atoms with E-state index in [-0.39, 0.29) is 23.9 Å². The number of aliphatic hydroxyl groups is 1. The molecule has 0 aliphatic rings. The van der Waals surface area contributed by atoms with E-state index in [0.29, 0.717) is 11.6 Å². The van der Waals surface area contributed by atoms with Gasteiger partial charge in [0.15, 0.2) is 0 Å². The molecule has 2 rings (SSSR count). The van der Waals surface area contributed by atoms with Gasteiger partial charge in [-0.1, -0.05) is 18.2 Å². The van der Waals surface area contributed by atoms with Crippen LogP contribution in [-0.2, 0) is 0 Å². The molecule has 0 aliphatic heterocycles. The first-order valence-electron chi connectivity index (χ1n) is 7.28. The molecule has 0 bridgehead atoms. The minimum Gasteiger partial charge on any atom is -0.435 e. The molecule has 0 saturated carbocycles. The van der Waals surface area contributed by atoms with Gasteiger partial charge in [-0.05, 0) is 30.7 Å². The zero-order valence-corrected chi connectivity index (χ0v) is 12.8. The second-order valence-electron chi connectivity index (χ2n) is 5.26. The minimum atomic E-state index is -2.91. The SMILES string of the molecule is CC(NCC(O)c1ccc(F)cc1F)c1cccc(OC(F)F)c1. The lowest BCUT2D eigenvalue weighted by Crippen LogP contribution is -2.25. The van der Waals surface area contributed by atoms with Crippen molar-refractivity contribution >= 4 is 0 Å². The monoisotopic (exact) mass is 343 g/mol. The van der Waals surface area contributed by atoms with Crippen molar-refractivity contribution in [2.45, 2.75) is 25.7 Å². The summed E-state index contributed by atoms with van der Waals surface area (Å²) >= 11 is 0. The summed E-state index contributed by atoms with van der Waals surface area (Å²) in [6.45, 7) is -1.15. The molecule has 2 unspecified atom stereocenters. The first kappa shape index (κ1) is 18.2. The summed E-state index contributed by atoms with van der Waals surface area (Å²) in [6, 6.07) is 8.79. The highest BCUT2D eigenvalue weighted by atomic mass is 19.3. The Morgan fingerprint density at radius 1 is 1.12 bits per heavy atom. The Hall–Kier alpha value is -2.12. The molecule has 2 N–H and O–H groups in total. The van der Waals surface area contributed by atoms with E-state index >= 15 is 0 Å². The second kappa shape index (κ2) is 8.12. The van der Waals surface area contributed by atoms with Crippen LogP contribution >= 0.6 is 0 Å². The van der Waals surface area contributed by atoms with E-state index in [9.17, 15) is 22.7 Å². The first-order valence-corrected chi connectivity index (χ1v) is 7.28. The molecule has 24 heavy (non-hydrogen) atoms. The normalized spacial score (nSPS) is 13.8. The van der Waals surface area contributed by atoms with Gasteiger partial charge in [-0.15, -0.1) is 0 Å². The van der Waals surface area contributed by atoms with Crippen molar-refractivity contribution < 1.29 is 27.4 Å². The highest BCUT2D eigenvalue weighted by Gasteiger charge is 2.15. The molecule has 0 aliphatic carbocycles. The van der Waals surface area contributed by atoms with Gasteiger partial charge in [-0.3, -0.25) is 0 Å². The van der Waals surface area contributed by atoms with E-state index < -0.39 is 24.3 Å². The molecule has 0 amide bonds. The van der Waals surface area contributed by atoms with E-state index in [1.165, 1.54) is 18.2 Å². The lowest BCUT2D eigenvalue weighted by Gasteiger charge is -2.19. The molecule has 0 radical (unpaired) electrons. The van der Waals surface area contributed by atoms with E-state index in [1.54, 1.807) is 19.1 Å². The molecule has 130 valence electrons. The average molecular weight is 343 g/mol. The smallest absolute Gasteiger partial charge is 0.387 e. The van der Waals surface area contributed by atoms with Gasteiger partial charge in [0.05, 0.1) is 6.10 Å². The van der Waals surface area contributed by atoms with E-state index in [1.807, 2.05) is 0 Å². The third kappa shape index (κ3) is 4.94. The predicted octanol–water partition coefficient (Wildman–Crippen LogP) is 3.95. The van der Waals surface area contributed by atoms with Crippen molar-refractivity contribution in [2.24, 2.45) is 0 Å². The molecule has 2 atom stereocenters. The fourth-order valence-corrected chi connectivity index (χ4v) is 2.25. The Labute approximate surface area is 136 Å². The first-order chi connectivity index (χ1) is 11.4. The summed E-state index contributed by atoms with van der Waals surface area (Å²) in [6.07, 6.45) is -1.17. The minimum absolute atomic E-state index is 0.00362. The van der Waals surface area contributed by atoms with Crippen molar-refractivity contribution in [1.82, 2.24) is 5.32 Å². The largest absolute Gasteiger partial charge is 0.435 e. The number of benzene rings is 2. The van der Waals surface area contributed by atoms with Gasteiger partial charge in [0, 0.05) is 24.2 Å². The number of halogens is 4. The lowest BCUT2D eigenvalue weighted by molar-refractivity contribution is -0.0499. The van der Waals surface area contributed by atoms with Crippen molar-refractivity contribution in [2.75, 3.05) is 6.54 Å². The van der Waals surface area contributed by atoms with Crippen LogP contribution in [-0.4, -0.2) is 18.3 Å². The predicted molar refractivity (Wildman–Crippen MR) is 80.8 cm³/mol. The van der Waals surface area contributed by atoms with E-state index in [4.69, 9.17) is 0 Å². The van der Waals surface area contributed by atoms with Crippen LogP contribution in [0.3, 0.4) is 0 Å². The van der Waals surface area contributed by atoms with Gasteiger partial charge in [-0.2, -0.15) is 8.78 Å². The number of hydrogen-bond donors (Lipinski definition) is 2. The molecule has 0 fully saturated rings. The van der Waals surface area contributed by atoms with E-state index in [2.05, 4.69) is 10.1 Å². The topological polar surface area (TPSA) is 41.5 Å². The van der Waals surface area contributed by atoms with Crippen LogP contribution in [0.5, 0.6) is 5.75 Å². The molecule has 0 saturated heterocycles. The fraction of sp³-hybridized carbons (Fsp3) is 0.294. The summed E-state index contributed by atoms with van der Waals surface area (Å²) in [7, 11) is 0. The number of rotatable bonds is 7. The highest BCUT2D eigenvalue weighted by Crippen LogP contribution is 2.22. The molecule has 0 aromatic heterocycles. The summed E-state index contributed by atoms with van der Waals surface area (Å²) in [5.41, 5.74) is 0.644. The molecule has 7 heteroatoms. The zero-order valence-electron chi connectivity index (χ0n) is 12.8. The second-order valence-corrected chi connectivity index (χ2v) is 5.26. The van der Waals surface area contributed by atoms with Gasteiger partial charge in [-0.25, -0.2) is 8.78 Å². The van der Waals surface area contributed by atoms with Gasteiger partial charge in [0.2, 0.25) is 0 Å². The summed E-state index contributed by atoms with van der Waals surface area (Å²) in [5, 5.41) is 13.0. The fourth-order valence-electron chi connectivity index (χ4n) is 2.25. The van der Waals surface area contributed by atoms with Gasteiger partial charge in [0.1, 0.15) is 17.4 Å². The molecular formula is C17H17F4NO2. The number of aliphatic hydroxyl groups excluding tert-OH is 1.